The molecule has 0 radical (unpaired) electrons. The zero-order valence-corrected chi connectivity index (χ0v) is 19.9. The smallest absolute Gasteiger partial charge is 0.193 e. The third kappa shape index (κ3) is 5.18. The molecule has 1 spiro atoms. The minimum Gasteiger partial charge on any atom is -0.493 e. The lowest BCUT2D eigenvalue weighted by Crippen LogP contribution is -2.41. The molecule has 1 atom stereocenters. The van der Waals surface area contributed by atoms with Crippen LogP contribution in [0.1, 0.15) is 18.4 Å². The zero-order valence-electron chi connectivity index (χ0n) is 17.6. The third-order valence-corrected chi connectivity index (χ3v) is 5.81. The van der Waals surface area contributed by atoms with E-state index in [1.807, 2.05) is 43.4 Å². The second-order valence-electron chi connectivity index (χ2n) is 7.77. The summed E-state index contributed by atoms with van der Waals surface area (Å²) in [6, 6.07) is 15.7. The van der Waals surface area contributed by atoms with Crippen molar-refractivity contribution in [2.45, 2.75) is 19.4 Å². The molecule has 2 fully saturated rings. The van der Waals surface area contributed by atoms with Crippen LogP contribution < -0.4 is 14.8 Å². The van der Waals surface area contributed by atoms with Gasteiger partial charge in [0.1, 0.15) is 5.75 Å². The van der Waals surface area contributed by atoms with Crippen molar-refractivity contribution in [1.82, 2.24) is 10.2 Å². The molecule has 1 N–H and O–H groups in total. The first-order chi connectivity index (χ1) is 14.2. The van der Waals surface area contributed by atoms with Crippen LogP contribution in [0.15, 0.2) is 53.5 Å². The quantitative estimate of drug-likeness (QED) is 0.360. The number of hydrogen-bond acceptors (Lipinski definition) is 4. The predicted molar refractivity (Wildman–Crippen MR) is 129 cm³/mol. The molecular weight excluding hydrogens is 493 g/mol. The summed E-state index contributed by atoms with van der Waals surface area (Å²) in [7, 11) is 3.49. The first-order valence-corrected chi connectivity index (χ1v) is 10.1. The van der Waals surface area contributed by atoms with Crippen LogP contribution in [0.4, 0.5) is 0 Å². The number of likely N-dealkylation sites (tertiary alicyclic amines) is 1. The van der Waals surface area contributed by atoms with Gasteiger partial charge in [-0.15, -0.1) is 24.0 Å². The lowest BCUT2D eigenvalue weighted by molar-refractivity contribution is 0.156. The van der Waals surface area contributed by atoms with Gasteiger partial charge in [0.05, 0.1) is 13.7 Å². The molecule has 30 heavy (non-hydrogen) atoms. The molecule has 2 aliphatic rings. The molecule has 2 heterocycles. The molecule has 2 aliphatic heterocycles. The number of nitrogens with zero attached hydrogens (tertiary/aromatic N) is 2. The lowest BCUT2D eigenvalue weighted by Gasteiger charge is -2.25. The number of guanidine groups is 1. The Bertz CT molecular complexity index is 851. The summed E-state index contributed by atoms with van der Waals surface area (Å²) in [5, 5.41) is 3.50. The van der Waals surface area contributed by atoms with Crippen molar-refractivity contribution in [3.05, 3.63) is 54.1 Å². The predicted octanol–water partition coefficient (Wildman–Crippen LogP) is 4.29. The summed E-state index contributed by atoms with van der Waals surface area (Å²) >= 11 is 0. The van der Waals surface area contributed by atoms with E-state index in [0.29, 0.717) is 11.2 Å². The summed E-state index contributed by atoms with van der Waals surface area (Å²) in [5.74, 6) is 3.17. The summed E-state index contributed by atoms with van der Waals surface area (Å²) in [6.07, 6.45) is 2.34. The highest BCUT2D eigenvalue weighted by atomic mass is 127. The van der Waals surface area contributed by atoms with E-state index in [2.05, 4.69) is 27.3 Å². The van der Waals surface area contributed by atoms with Crippen molar-refractivity contribution in [3.63, 3.8) is 0 Å². The Morgan fingerprint density at radius 2 is 1.90 bits per heavy atom. The van der Waals surface area contributed by atoms with E-state index in [1.54, 1.807) is 7.11 Å². The Balaban J connectivity index is 0.00000256. The normalized spacial score (nSPS) is 20.9. The van der Waals surface area contributed by atoms with Crippen LogP contribution in [0.5, 0.6) is 17.2 Å². The van der Waals surface area contributed by atoms with E-state index in [9.17, 15) is 0 Å². The Hall–Kier alpha value is -2.00. The standard InChI is InChI=1S/C23H29N3O3.HI/c1-24-22(26-13-11-23(16-26)12-14-28-17-23)25-15-18-7-9-19(10-8-18)29-21-6-4-3-5-20(21)27-2;/h3-10H,11-17H2,1-2H3,(H,24,25);1H. The van der Waals surface area contributed by atoms with E-state index in [-0.39, 0.29) is 24.0 Å². The second kappa shape index (κ2) is 10.3. The highest BCUT2D eigenvalue weighted by Crippen LogP contribution is 2.38. The number of rotatable bonds is 5. The Kier molecular flexibility index (Phi) is 7.82. The number of methoxy groups -OCH3 is 1. The minimum absolute atomic E-state index is 0. The van der Waals surface area contributed by atoms with Gasteiger partial charge in [0.25, 0.3) is 0 Å². The van der Waals surface area contributed by atoms with Gasteiger partial charge >= 0.3 is 0 Å². The van der Waals surface area contributed by atoms with Gasteiger partial charge in [-0.05, 0) is 42.7 Å². The first-order valence-electron chi connectivity index (χ1n) is 10.1. The van der Waals surface area contributed by atoms with Crippen molar-refractivity contribution in [1.29, 1.82) is 0 Å². The van der Waals surface area contributed by atoms with Crippen LogP contribution in [-0.4, -0.2) is 51.3 Å². The van der Waals surface area contributed by atoms with E-state index in [1.165, 1.54) is 12.0 Å². The van der Waals surface area contributed by atoms with Gasteiger partial charge in [0, 0.05) is 38.7 Å². The molecule has 2 saturated heterocycles. The molecule has 0 aromatic heterocycles. The molecule has 6 nitrogen and oxygen atoms in total. The lowest BCUT2D eigenvalue weighted by atomic mass is 9.87. The third-order valence-electron chi connectivity index (χ3n) is 5.81. The number of benzene rings is 2. The molecule has 2 aromatic carbocycles. The average Bonchev–Trinajstić information content (AvgIpc) is 3.40. The fourth-order valence-corrected chi connectivity index (χ4v) is 4.11. The minimum atomic E-state index is 0. The second-order valence-corrected chi connectivity index (χ2v) is 7.77. The van der Waals surface area contributed by atoms with Gasteiger partial charge < -0.3 is 24.4 Å². The number of nitrogens with one attached hydrogen (secondary N) is 1. The van der Waals surface area contributed by atoms with E-state index < -0.39 is 0 Å². The zero-order chi connectivity index (χ0) is 20.1. The van der Waals surface area contributed by atoms with E-state index in [4.69, 9.17) is 14.2 Å². The molecule has 162 valence electrons. The fourth-order valence-electron chi connectivity index (χ4n) is 4.11. The van der Waals surface area contributed by atoms with Crippen LogP contribution in [0.2, 0.25) is 0 Å². The van der Waals surface area contributed by atoms with Gasteiger partial charge in [0.15, 0.2) is 17.5 Å². The highest BCUT2D eigenvalue weighted by Gasteiger charge is 2.42. The molecule has 2 aromatic rings. The SMILES string of the molecule is CN=C(NCc1ccc(Oc2ccccc2OC)cc1)N1CCC2(CCOC2)C1.I. The largest absolute Gasteiger partial charge is 0.493 e. The summed E-state index contributed by atoms with van der Waals surface area (Å²) in [5.41, 5.74) is 1.51. The van der Waals surface area contributed by atoms with Crippen LogP contribution in [0, 0.1) is 5.41 Å². The topological polar surface area (TPSA) is 55.3 Å². The van der Waals surface area contributed by atoms with Crippen LogP contribution in [-0.2, 0) is 11.3 Å². The highest BCUT2D eigenvalue weighted by molar-refractivity contribution is 14.0. The Morgan fingerprint density at radius 1 is 1.13 bits per heavy atom. The maximum absolute atomic E-state index is 5.95. The summed E-state index contributed by atoms with van der Waals surface area (Å²) in [4.78, 5) is 6.84. The molecule has 0 saturated carbocycles. The maximum atomic E-state index is 5.95. The van der Waals surface area contributed by atoms with E-state index >= 15 is 0 Å². The van der Waals surface area contributed by atoms with Gasteiger partial charge in [-0.25, -0.2) is 0 Å². The number of para-hydroxylation sites is 2. The molecular formula is C23H30IN3O3. The molecule has 0 amide bonds. The van der Waals surface area contributed by atoms with Crippen molar-refractivity contribution in [2.75, 3.05) is 40.5 Å². The molecule has 4 rings (SSSR count). The van der Waals surface area contributed by atoms with Crippen molar-refractivity contribution >= 4 is 29.9 Å². The Morgan fingerprint density at radius 3 is 2.57 bits per heavy atom. The van der Waals surface area contributed by atoms with Crippen LogP contribution >= 0.6 is 24.0 Å². The monoisotopic (exact) mass is 523 g/mol. The van der Waals surface area contributed by atoms with Crippen LogP contribution in [0.25, 0.3) is 0 Å². The van der Waals surface area contributed by atoms with Crippen molar-refractivity contribution < 1.29 is 14.2 Å². The van der Waals surface area contributed by atoms with Gasteiger partial charge in [-0.2, -0.15) is 0 Å². The fraction of sp³-hybridized carbons (Fsp3) is 0.435. The average molecular weight is 523 g/mol. The molecule has 0 aliphatic carbocycles. The molecule has 0 bridgehead atoms. The molecule has 7 heteroatoms. The maximum Gasteiger partial charge on any atom is 0.193 e. The Labute approximate surface area is 195 Å². The van der Waals surface area contributed by atoms with Gasteiger partial charge in [0.2, 0.25) is 0 Å². The van der Waals surface area contributed by atoms with Gasteiger partial charge in [-0.1, -0.05) is 24.3 Å². The number of hydrogen-bond donors (Lipinski definition) is 1. The first kappa shape index (κ1) is 22.7. The molecule has 1 unspecified atom stereocenters. The number of halogens is 1. The van der Waals surface area contributed by atoms with E-state index in [0.717, 1.165) is 56.7 Å². The van der Waals surface area contributed by atoms with Crippen LogP contribution in [0.3, 0.4) is 0 Å². The number of ether oxygens (including phenoxy) is 3. The van der Waals surface area contributed by atoms with Crippen molar-refractivity contribution in [2.24, 2.45) is 10.4 Å². The summed E-state index contributed by atoms with van der Waals surface area (Å²) < 4.78 is 16.9. The number of aliphatic imine (C=N–C) groups is 1. The van der Waals surface area contributed by atoms with Crippen molar-refractivity contribution in [3.8, 4) is 17.2 Å². The van der Waals surface area contributed by atoms with Gasteiger partial charge in [-0.3, -0.25) is 4.99 Å². The summed E-state index contributed by atoms with van der Waals surface area (Å²) in [6.45, 7) is 4.56.